The van der Waals surface area contributed by atoms with E-state index in [0.717, 1.165) is 30.4 Å². The van der Waals surface area contributed by atoms with E-state index in [2.05, 4.69) is 10.6 Å². The summed E-state index contributed by atoms with van der Waals surface area (Å²) in [6.07, 6.45) is 7.14. The first-order valence-electron chi connectivity index (χ1n) is 11.7. The Kier molecular flexibility index (Phi) is 9.79. The van der Waals surface area contributed by atoms with Crippen LogP contribution >= 0.6 is 0 Å². The van der Waals surface area contributed by atoms with Crippen molar-refractivity contribution in [2.45, 2.75) is 57.3 Å². The molecule has 182 valence electrons. The van der Waals surface area contributed by atoms with Gasteiger partial charge in [0.15, 0.2) is 0 Å². The SMILES string of the molecule is N/C=C(\N)CC(=O)N[C@@H](COCc1ccccc1)C(=O)Nc1ccc(OC2CCCCC2)cc1. The van der Waals surface area contributed by atoms with Crippen LogP contribution in [0.15, 0.2) is 66.5 Å². The van der Waals surface area contributed by atoms with Crippen molar-refractivity contribution in [3.8, 4) is 5.75 Å². The van der Waals surface area contributed by atoms with Gasteiger partial charge in [0.05, 0.1) is 25.7 Å². The molecule has 3 rings (SSSR count). The molecule has 0 aliphatic heterocycles. The average molecular weight is 467 g/mol. The zero-order valence-electron chi connectivity index (χ0n) is 19.4. The van der Waals surface area contributed by atoms with Crippen LogP contribution in [0.2, 0.25) is 0 Å². The maximum Gasteiger partial charge on any atom is 0.249 e. The lowest BCUT2D eigenvalue weighted by molar-refractivity contribution is -0.127. The molecule has 2 aromatic rings. The quantitative estimate of drug-likeness (QED) is 0.403. The number of rotatable bonds is 11. The van der Waals surface area contributed by atoms with Crippen LogP contribution in [0.25, 0.3) is 0 Å². The van der Waals surface area contributed by atoms with Gasteiger partial charge in [0.1, 0.15) is 11.8 Å². The molecule has 0 heterocycles. The van der Waals surface area contributed by atoms with Gasteiger partial charge in [-0.25, -0.2) is 0 Å². The highest BCUT2D eigenvalue weighted by Crippen LogP contribution is 2.24. The molecule has 1 atom stereocenters. The number of nitrogens with one attached hydrogen (secondary N) is 2. The number of carbonyl (C=O) groups is 2. The molecule has 0 radical (unpaired) electrons. The van der Waals surface area contributed by atoms with Crippen LogP contribution in [0, 0.1) is 0 Å². The van der Waals surface area contributed by atoms with Crippen LogP contribution in [0.4, 0.5) is 5.69 Å². The first kappa shape index (κ1) is 25.1. The van der Waals surface area contributed by atoms with Crippen molar-refractivity contribution in [1.29, 1.82) is 0 Å². The Labute approximate surface area is 200 Å². The molecule has 0 unspecified atom stereocenters. The van der Waals surface area contributed by atoms with E-state index in [1.807, 2.05) is 42.5 Å². The molecule has 6 N–H and O–H groups in total. The molecular formula is C26H34N4O4. The summed E-state index contributed by atoms with van der Waals surface area (Å²) in [5, 5.41) is 5.51. The van der Waals surface area contributed by atoms with E-state index in [1.165, 1.54) is 19.3 Å². The second kappa shape index (κ2) is 13.3. The minimum absolute atomic E-state index is 0.00157. The summed E-state index contributed by atoms with van der Waals surface area (Å²) in [6.45, 7) is 0.320. The lowest BCUT2D eigenvalue weighted by atomic mass is 9.98. The highest BCUT2D eigenvalue weighted by Gasteiger charge is 2.22. The fourth-order valence-electron chi connectivity index (χ4n) is 3.76. The zero-order valence-corrected chi connectivity index (χ0v) is 19.4. The molecule has 1 aliphatic rings. The molecule has 1 fully saturated rings. The highest BCUT2D eigenvalue weighted by atomic mass is 16.5. The Morgan fingerprint density at radius 3 is 2.41 bits per heavy atom. The molecule has 2 amide bonds. The fraction of sp³-hybridized carbons (Fsp3) is 0.385. The number of hydrogen-bond acceptors (Lipinski definition) is 6. The summed E-state index contributed by atoms with van der Waals surface area (Å²) in [6, 6.07) is 16.0. The normalized spacial score (nSPS) is 15.4. The van der Waals surface area contributed by atoms with Crippen molar-refractivity contribution < 1.29 is 19.1 Å². The lowest BCUT2D eigenvalue weighted by Gasteiger charge is -2.23. The maximum absolute atomic E-state index is 12.9. The molecular weight excluding hydrogens is 432 g/mol. The molecule has 1 saturated carbocycles. The molecule has 0 aromatic heterocycles. The van der Waals surface area contributed by atoms with Gasteiger partial charge in [0, 0.05) is 17.6 Å². The fourth-order valence-corrected chi connectivity index (χ4v) is 3.76. The van der Waals surface area contributed by atoms with E-state index in [4.69, 9.17) is 20.9 Å². The minimum Gasteiger partial charge on any atom is -0.490 e. The third kappa shape index (κ3) is 8.44. The first-order chi connectivity index (χ1) is 16.5. The van der Waals surface area contributed by atoms with Crippen LogP contribution < -0.4 is 26.8 Å². The van der Waals surface area contributed by atoms with Gasteiger partial charge in [0.2, 0.25) is 11.8 Å². The largest absolute Gasteiger partial charge is 0.490 e. The number of carbonyl (C=O) groups excluding carboxylic acids is 2. The predicted molar refractivity (Wildman–Crippen MR) is 132 cm³/mol. The second-order valence-electron chi connectivity index (χ2n) is 8.43. The van der Waals surface area contributed by atoms with Gasteiger partial charge < -0.3 is 31.6 Å². The number of amides is 2. The third-order valence-corrected chi connectivity index (χ3v) is 5.60. The maximum atomic E-state index is 12.9. The van der Waals surface area contributed by atoms with Crippen molar-refractivity contribution in [2.75, 3.05) is 11.9 Å². The van der Waals surface area contributed by atoms with E-state index in [-0.39, 0.29) is 24.8 Å². The van der Waals surface area contributed by atoms with Gasteiger partial charge in [-0.05, 0) is 55.5 Å². The van der Waals surface area contributed by atoms with Crippen molar-refractivity contribution in [3.05, 3.63) is 72.1 Å². The number of anilines is 1. The van der Waals surface area contributed by atoms with Gasteiger partial charge >= 0.3 is 0 Å². The van der Waals surface area contributed by atoms with Gasteiger partial charge in [-0.1, -0.05) is 36.8 Å². The summed E-state index contributed by atoms with van der Waals surface area (Å²) < 4.78 is 11.8. The smallest absolute Gasteiger partial charge is 0.249 e. The van der Waals surface area contributed by atoms with E-state index < -0.39 is 17.9 Å². The average Bonchev–Trinajstić information content (AvgIpc) is 2.85. The van der Waals surface area contributed by atoms with Crippen molar-refractivity contribution in [1.82, 2.24) is 5.32 Å². The number of ether oxygens (including phenoxy) is 2. The lowest BCUT2D eigenvalue weighted by Crippen LogP contribution is -2.47. The number of nitrogens with two attached hydrogens (primary N) is 2. The van der Waals surface area contributed by atoms with Gasteiger partial charge in [-0.15, -0.1) is 0 Å². The topological polar surface area (TPSA) is 129 Å². The zero-order chi connectivity index (χ0) is 24.2. The molecule has 8 nitrogen and oxygen atoms in total. The van der Waals surface area contributed by atoms with Crippen molar-refractivity contribution in [2.24, 2.45) is 11.5 Å². The van der Waals surface area contributed by atoms with Gasteiger partial charge in [0.25, 0.3) is 0 Å². The van der Waals surface area contributed by atoms with Crippen LogP contribution in [0.3, 0.4) is 0 Å². The standard InChI is InChI=1S/C26H34N4O4/c27-16-20(28)15-25(31)30-24(18-33-17-19-7-3-1-4-8-19)26(32)29-21-11-13-23(14-12-21)34-22-9-5-2-6-10-22/h1,3-4,7-8,11-14,16,22,24H,2,5-6,9-10,15,17-18,27-28H2,(H,29,32)(H,30,31)/b20-16-/t24-/m0/s1. The first-order valence-corrected chi connectivity index (χ1v) is 11.7. The summed E-state index contributed by atoms with van der Waals surface area (Å²) in [5.74, 6) is -0.0263. The summed E-state index contributed by atoms with van der Waals surface area (Å²) in [4.78, 5) is 25.2. The van der Waals surface area contributed by atoms with E-state index in [9.17, 15) is 9.59 Å². The second-order valence-corrected chi connectivity index (χ2v) is 8.43. The monoisotopic (exact) mass is 466 g/mol. The molecule has 8 heteroatoms. The Morgan fingerprint density at radius 2 is 1.74 bits per heavy atom. The van der Waals surface area contributed by atoms with Crippen molar-refractivity contribution >= 4 is 17.5 Å². The predicted octanol–water partition coefficient (Wildman–Crippen LogP) is 3.19. The molecule has 1 aliphatic carbocycles. The highest BCUT2D eigenvalue weighted by molar-refractivity contribution is 5.97. The summed E-state index contributed by atoms with van der Waals surface area (Å²) in [5.41, 5.74) is 12.8. The van der Waals surface area contributed by atoms with Crippen molar-refractivity contribution in [3.63, 3.8) is 0 Å². The third-order valence-electron chi connectivity index (χ3n) is 5.60. The Hall–Kier alpha value is -3.52. The van der Waals surface area contributed by atoms with Crippen LogP contribution in [0.1, 0.15) is 44.1 Å². The molecule has 2 aromatic carbocycles. The molecule has 34 heavy (non-hydrogen) atoms. The Balaban J connectivity index is 1.57. The molecule has 0 bridgehead atoms. The number of hydrogen-bond donors (Lipinski definition) is 4. The van der Waals surface area contributed by atoms with E-state index in [0.29, 0.717) is 12.3 Å². The van der Waals surface area contributed by atoms with Gasteiger partial charge in [-0.3, -0.25) is 9.59 Å². The Morgan fingerprint density at radius 1 is 1.03 bits per heavy atom. The Bertz CT molecular complexity index is 941. The molecule has 0 spiro atoms. The van der Waals surface area contributed by atoms with Crippen LogP contribution in [-0.4, -0.2) is 30.6 Å². The van der Waals surface area contributed by atoms with Crippen LogP contribution in [0.5, 0.6) is 5.75 Å². The van der Waals surface area contributed by atoms with Crippen LogP contribution in [-0.2, 0) is 20.9 Å². The van der Waals surface area contributed by atoms with E-state index in [1.54, 1.807) is 12.1 Å². The number of benzene rings is 2. The summed E-state index contributed by atoms with van der Waals surface area (Å²) in [7, 11) is 0. The summed E-state index contributed by atoms with van der Waals surface area (Å²) >= 11 is 0. The van der Waals surface area contributed by atoms with Gasteiger partial charge in [-0.2, -0.15) is 0 Å². The van der Waals surface area contributed by atoms with E-state index >= 15 is 0 Å². The molecule has 0 saturated heterocycles. The minimum atomic E-state index is -0.903.